The average molecular weight is 215 g/mol. The monoisotopic (exact) mass is 215 g/mol. The van der Waals surface area contributed by atoms with Crippen LogP contribution in [0.1, 0.15) is 10.4 Å². The Balaban J connectivity index is 2.15. The molecule has 2 heterocycles. The Bertz CT molecular complexity index is 500. The van der Waals surface area contributed by atoms with Gasteiger partial charge >= 0.3 is 0 Å². The lowest BCUT2D eigenvalue weighted by Gasteiger charge is -2.02. The highest BCUT2D eigenvalue weighted by atomic mass is 16.1. The number of nitrogens with one attached hydrogen (secondary N) is 1. The standard InChI is InChI=1S/C10H9N5O/c11-8-4-7(5-12-6-8)9(16)15-10-13-2-1-3-14-10/h1-6H,11H2,(H,13,14,15,16). The normalized spacial score (nSPS) is 9.75. The summed E-state index contributed by atoms with van der Waals surface area (Å²) in [6, 6.07) is 3.20. The van der Waals surface area contributed by atoms with Gasteiger partial charge in [-0.2, -0.15) is 0 Å². The van der Waals surface area contributed by atoms with Crippen molar-refractivity contribution in [1.29, 1.82) is 0 Å². The Morgan fingerprint density at radius 2 is 2.00 bits per heavy atom. The molecule has 1 amide bonds. The predicted molar refractivity (Wildman–Crippen MR) is 58.6 cm³/mol. The molecule has 0 saturated heterocycles. The highest BCUT2D eigenvalue weighted by Gasteiger charge is 2.07. The number of rotatable bonds is 2. The summed E-state index contributed by atoms with van der Waals surface area (Å²) in [5.41, 5.74) is 6.32. The molecule has 0 fully saturated rings. The number of anilines is 2. The number of hydrogen-bond donors (Lipinski definition) is 2. The minimum atomic E-state index is -0.342. The van der Waals surface area contributed by atoms with Crippen LogP contribution in [0.5, 0.6) is 0 Å². The summed E-state index contributed by atoms with van der Waals surface area (Å²) in [6.45, 7) is 0. The van der Waals surface area contributed by atoms with Gasteiger partial charge in [-0.25, -0.2) is 9.97 Å². The Hall–Kier alpha value is -2.50. The molecule has 0 unspecified atom stereocenters. The molecule has 2 aromatic heterocycles. The number of hydrogen-bond acceptors (Lipinski definition) is 5. The van der Waals surface area contributed by atoms with Crippen LogP contribution in [-0.2, 0) is 0 Å². The van der Waals surface area contributed by atoms with E-state index in [9.17, 15) is 4.79 Å². The molecular formula is C10H9N5O. The van der Waals surface area contributed by atoms with Crippen molar-refractivity contribution in [3.8, 4) is 0 Å². The van der Waals surface area contributed by atoms with Crippen LogP contribution >= 0.6 is 0 Å². The Kier molecular flexibility index (Phi) is 2.73. The maximum Gasteiger partial charge on any atom is 0.259 e. The molecule has 0 bridgehead atoms. The molecule has 0 aliphatic rings. The van der Waals surface area contributed by atoms with E-state index in [0.29, 0.717) is 11.3 Å². The van der Waals surface area contributed by atoms with E-state index in [-0.39, 0.29) is 11.9 Å². The van der Waals surface area contributed by atoms with Crippen LogP contribution in [0.25, 0.3) is 0 Å². The van der Waals surface area contributed by atoms with Crippen molar-refractivity contribution >= 4 is 17.5 Å². The third kappa shape index (κ3) is 2.30. The number of aromatic nitrogens is 3. The van der Waals surface area contributed by atoms with Crippen molar-refractivity contribution in [2.24, 2.45) is 0 Å². The molecule has 16 heavy (non-hydrogen) atoms. The summed E-state index contributed by atoms with van der Waals surface area (Å²) in [4.78, 5) is 23.2. The van der Waals surface area contributed by atoms with E-state index >= 15 is 0 Å². The van der Waals surface area contributed by atoms with Crippen molar-refractivity contribution in [2.75, 3.05) is 11.1 Å². The highest BCUT2D eigenvalue weighted by Crippen LogP contribution is 2.06. The smallest absolute Gasteiger partial charge is 0.259 e. The first kappa shape index (κ1) is 10.0. The lowest BCUT2D eigenvalue weighted by Crippen LogP contribution is -2.14. The lowest BCUT2D eigenvalue weighted by molar-refractivity contribution is 0.102. The van der Waals surface area contributed by atoms with Gasteiger partial charge in [-0.1, -0.05) is 0 Å². The number of carbonyl (C=O) groups excluding carboxylic acids is 1. The van der Waals surface area contributed by atoms with Crippen LogP contribution in [0, 0.1) is 0 Å². The molecule has 0 aliphatic carbocycles. The van der Waals surface area contributed by atoms with Gasteiger partial charge in [-0.15, -0.1) is 0 Å². The number of nitrogens with zero attached hydrogens (tertiary/aromatic N) is 3. The van der Waals surface area contributed by atoms with Gasteiger partial charge in [0.15, 0.2) is 0 Å². The quantitative estimate of drug-likeness (QED) is 0.769. The van der Waals surface area contributed by atoms with Crippen LogP contribution in [0.3, 0.4) is 0 Å². The first-order chi connectivity index (χ1) is 7.75. The molecule has 0 aromatic carbocycles. The molecule has 0 atom stereocenters. The van der Waals surface area contributed by atoms with E-state index < -0.39 is 0 Å². The van der Waals surface area contributed by atoms with E-state index in [0.717, 1.165) is 0 Å². The van der Waals surface area contributed by atoms with Gasteiger partial charge < -0.3 is 5.73 Å². The second-order valence-electron chi connectivity index (χ2n) is 3.03. The highest BCUT2D eigenvalue weighted by molar-refractivity contribution is 6.03. The zero-order chi connectivity index (χ0) is 11.4. The second-order valence-corrected chi connectivity index (χ2v) is 3.03. The number of nitrogen functional groups attached to an aromatic ring is 1. The average Bonchev–Trinajstić information content (AvgIpc) is 2.30. The summed E-state index contributed by atoms with van der Waals surface area (Å²) in [5.74, 6) is -0.0964. The molecular weight excluding hydrogens is 206 g/mol. The van der Waals surface area contributed by atoms with Crippen molar-refractivity contribution in [3.63, 3.8) is 0 Å². The van der Waals surface area contributed by atoms with Gasteiger partial charge in [0.05, 0.1) is 11.3 Å². The van der Waals surface area contributed by atoms with Crippen LogP contribution in [0.2, 0.25) is 0 Å². The number of carbonyl (C=O) groups is 1. The summed E-state index contributed by atoms with van der Waals surface area (Å²) >= 11 is 0. The van der Waals surface area contributed by atoms with Crippen LogP contribution in [0.4, 0.5) is 11.6 Å². The second kappa shape index (κ2) is 4.35. The fourth-order valence-electron chi connectivity index (χ4n) is 1.12. The van der Waals surface area contributed by atoms with Crippen LogP contribution < -0.4 is 11.1 Å². The van der Waals surface area contributed by atoms with Gasteiger partial charge in [0.25, 0.3) is 5.91 Å². The number of pyridine rings is 1. The maximum absolute atomic E-state index is 11.7. The van der Waals surface area contributed by atoms with Gasteiger partial charge in [0.2, 0.25) is 5.95 Å². The Morgan fingerprint density at radius 3 is 2.69 bits per heavy atom. The van der Waals surface area contributed by atoms with Crippen molar-refractivity contribution in [3.05, 3.63) is 42.5 Å². The van der Waals surface area contributed by atoms with E-state index in [4.69, 9.17) is 5.73 Å². The van der Waals surface area contributed by atoms with Crippen LogP contribution in [-0.4, -0.2) is 20.9 Å². The zero-order valence-corrected chi connectivity index (χ0v) is 8.29. The molecule has 0 spiro atoms. The van der Waals surface area contributed by atoms with E-state index in [1.807, 2.05) is 0 Å². The van der Waals surface area contributed by atoms with E-state index in [1.165, 1.54) is 18.5 Å². The zero-order valence-electron chi connectivity index (χ0n) is 8.29. The van der Waals surface area contributed by atoms with Gasteiger partial charge in [-0.3, -0.25) is 15.1 Å². The summed E-state index contributed by atoms with van der Waals surface area (Å²) in [6.07, 6.45) is 5.98. The molecule has 0 saturated carbocycles. The van der Waals surface area contributed by atoms with Gasteiger partial charge in [0, 0.05) is 24.8 Å². The molecule has 3 N–H and O–H groups in total. The summed E-state index contributed by atoms with van der Waals surface area (Å²) in [5, 5.41) is 2.53. The third-order valence-electron chi connectivity index (χ3n) is 1.81. The van der Waals surface area contributed by atoms with Gasteiger partial charge in [-0.05, 0) is 12.1 Å². The minimum Gasteiger partial charge on any atom is -0.397 e. The summed E-state index contributed by atoms with van der Waals surface area (Å²) in [7, 11) is 0. The first-order valence-corrected chi connectivity index (χ1v) is 4.54. The summed E-state index contributed by atoms with van der Waals surface area (Å²) < 4.78 is 0. The van der Waals surface area contributed by atoms with Crippen molar-refractivity contribution in [1.82, 2.24) is 15.0 Å². The Morgan fingerprint density at radius 1 is 1.25 bits per heavy atom. The molecule has 2 rings (SSSR count). The fourth-order valence-corrected chi connectivity index (χ4v) is 1.12. The number of nitrogens with two attached hydrogens (primary N) is 1. The SMILES string of the molecule is Nc1cncc(C(=O)Nc2ncccn2)c1. The van der Waals surface area contributed by atoms with E-state index in [1.54, 1.807) is 18.5 Å². The predicted octanol–water partition coefficient (Wildman–Crippen LogP) is 0.706. The van der Waals surface area contributed by atoms with E-state index in [2.05, 4.69) is 20.3 Å². The minimum absolute atomic E-state index is 0.245. The molecule has 2 aromatic rings. The molecule has 6 nitrogen and oxygen atoms in total. The number of amides is 1. The largest absolute Gasteiger partial charge is 0.397 e. The van der Waals surface area contributed by atoms with Crippen LogP contribution in [0.15, 0.2) is 36.9 Å². The molecule has 0 aliphatic heterocycles. The molecule has 80 valence electrons. The lowest BCUT2D eigenvalue weighted by atomic mass is 10.2. The molecule has 6 heteroatoms. The van der Waals surface area contributed by atoms with Gasteiger partial charge in [0.1, 0.15) is 0 Å². The fraction of sp³-hybridized carbons (Fsp3) is 0. The Labute approximate surface area is 91.6 Å². The third-order valence-corrected chi connectivity index (χ3v) is 1.81. The topological polar surface area (TPSA) is 93.8 Å². The van der Waals surface area contributed by atoms with Crippen molar-refractivity contribution < 1.29 is 4.79 Å². The first-order valence-electron chi connectivity index (χ1n) is 4.54. The van der Waals surface area contributed by atoms with Crippen molar-refractivity contribution in [2.45, 2.75) is 0 Å². The maximum atomic E-state index is 11.7. The molecule has 0 radical (unpaired) electrons.